The van der Waals surface area contributed by atoms with E-state index in [1.54, 1.807) is 6.20 Å². The van der Waals surface area contributed by atoms with Gasteiger partial charge in [0.1, 0.15) is 6.61 Å². The van der Waals surface area contributed by atoms with Crippen molar-refractivity contribution in [2.45, 2.75) is 0 Å². The van der Waals surface area contributed by atoms with Gasteiger partial charge in [-0.2, -0.15) is 5.10 Å². The third kappa shape index (κ3) is 2.22. The van der Waals surface area contributed by atoms with Crippen molar-refractivity contribution in [3.05, 3.63) is 30.5 Å². The zero-order chi connectivity index (χ0) is 10.5. The highest BCUT2D eigenvalue weighted by Gasteiger charge is 2.02. The summed E-state index contributed by atoms with van der Waals surface area (Å²) in [5.74, 6) is 0.600. The molecule has 15 heavy (non-hydrogen) atoms. The number of aromatic nitrogens is 2. The van der Waals surface area contributed by atoms with E-state index in [9.17, 15) is 0 Å². The van der Waals surface area contributed by atoms with Crippen LogP contribution in [0.25, 0.3) is 10.8 Å². The quantitative estimate of drug-likeness (QED) is 0.759. The number of rotatable bonds is 4. The number of nitrogens with one attached hydrogen (secondary N) is 1. The average Bonchev–Trinajstić information content (AvgIpc) is 2.30. The van der Waals surface area contributed by atoms with Gasteiger partial charge >= 0.3 is 0 Å². The maximum absolute atomic E-state index is 5.52. The van der Waals surface area contributed by atoms with Crippen molar-refractivity contribution in [1.82, 2.24) is 15.5 Å². The van der Waals surface area contributed by atoms with Crippen molar-refractivity contribution in [1.29, 1.82) is 0 Å². The summed E-state index contributed by atoms with van der Waals surface area (Å²) in [5.41, 5.74) is 0. The third-order valence-electron chi connectivity index (χ3n) is 2.13. The molecule has 0 radical (unpaired) electrons. The Morgan fingerprint density at radius 3 is 3.07 bits per heavy atom. The summed E-state index contributed by atoms with van der Waals surface area (Å²) in [6.07, 6.45) is 1.74. The number of nitrogens with zero attached hydrogens (tertiary/aromatic N) is 2. The first-order chi connectivity index (χ1) is 7.42. The van der Waals surface area contributed by atoms with E-state index in [0.29, 0.717) is 12.5 Å². The predicted molar refractivity (Wildman–Crippen MR) is 59.0 cm³/mol. The number of ether oxygens (including phenoxy) is 1. The van der Waals surface area contributed by atoms with Gasteiger partial charge in [0.25, 0.3) is 0 Å². The Bertz CT molecular complexity index is 439. The second kappa shape index (κ2) is 4.70. The van der Waals surface area contributed by atoms with Crippen molar-refractivity contribution in [2.75, 3.05) is 20.2 Å². The summed E-state index contributed by atoms with van der Waals surface area (Å²) >= 11 is 0. The van der Waals surface area contributed by atoms with Crippen LogP contribution in [0.3, 0.4) is 0 Å². The molecule has 0 spiro atoms. The minimum atomic E-state index is 0.596. The van der Waals surface area contributed by atoms with E-state index in [4.69, 9.17) is 4.74 Å². The lowest BCUT2D eigenvalue weighted by Crippen LogP contribution is -2.16. The Labute approximate surface area is 88.3 Å². The maximum Gasteiger partial charge on any atom is 0.241 e. The van der Waals surface area contributed by atoms with Crippen LogP contribution in [0.2, 0.25) is 0 Å². The first-order valence-electron chi connectivity index (χ1n) is 4.89. The highest BCUT2D eigenvalue weighted by molar-refractivity contribution is 5.85. The summed E-state index contributed by atoms with van der Waals surface area (Å²) in [6.45, 7) is 1.39. The molecule has 2 aromatic rings. The fraction of sp³-hybridized carbons (Fsp3) is 0.273. The summed E-state index contributed by atoms with van der Waals surface area (Å²) < 4.78 is 5.52. The van der Waals surface area contributed by atoms with E-state index in [2.05, 4.69) is 15.5 Å². The minimum absolute atomic E-state index is 0.596. The monoisotopic (exact) mass is 203 g/mol. The molecule has 0 fully saturated rings. The van der Waals surface area contributed by atoms with Crippen LogP contribution in [-0.2, 0) is 0 Å². The van der Waals surface area contributed by atoms with Gasteiger partial charge in [-0.25, -0.2) is 0 Å². The molecule has 4 nitrogen and oxygen atoms in total. The van der Waals surface area contributed by atoms with Gasteiger partial charge in [-0.05, 0) is 13.1 Å². The van der Waals surface area contributed by atoms with Gasteiger partial charge in [0, 0.05) is 17.3 Å². The molecule has 0 aliphatic carbocycles. The van der Waals surface area contributed by atoms with Gasteiger partial charge in [-0.15, -0.1) is 5.10 Å². The SMILES string of the molecule is CNCCOc1nncc2ccccc12. The van der Waals surface area contributed by atoms with E-state index in [0.717, 1.165) is 17.3 Å². The molecule has 0 amide bonds. The van der Waals surface area contributed by atoms with E-state index < -0.39 is 0 Å². The molecule has 0 unspecified atom stereocenters. The van der Waals surface area contributed by atoms with Gasteiger partial charge in [0.05, 0.1) is 6.20 Å². The predicted octanol–water partition coefficient (Wildman–Crippen LogP) is 1.23. The molecule has 1 N–H and O–H groups in total. The molecular formula is C11H13N3O. The van der Waals surface area contributed by atoms with Crippen LogP contribution in [0.15, 0.2) is 30.5 Å². The minimum Gasteiger partial charge on any atom is -0.475 e. The van der Waals surface area contributed by atoms with Crippen molar-refractivity contribution in [3.63, 3.8) is 0 Å². The molecule has 0 saturated heterocycles. The summed E-state index contributed by atoms with van der Waals surface area (Å²) in [4.78, 5) is 0. The second-order valence-corrected chi connectivity index (χ2v) is 3.19. The van der Waals surface area contributed by atoms with E-state index >= 15 is 0 Å². The molecule has 0 atom stereocenters. The lowest BCUT2D eigenvalue weighted by atomic mass is 10.2. The summed E-state index contributed by atoms with van der Waals surface area (Å²) in [5, 5.41) is 12.9. The van der Waals surface area contributed by atoms with Crippen molar-refractivity contribution in [2.24, 2.45) is 0 Å². The second-order valence-electron chi connectivity index (χ2n) is 3.19. The largest absolute Gasteiger partial charge is 0.475 e. The van der Waals surface area contributed by atoms with E-state index in [-0.39, 0.29) is 0 Å². The number of benzene rings is 1. The van der Waals surface area contributed by atoms with E-state index in [1.165, 1.54) is 0 Å². The maximum atomic E-state index is 5.52. The van der Waals surface area contributed by atoms with Crippen molar-refractivity contribution >= 4 is 10.8 Å². The topological polar surface area (TPSA) is 47.0 Å². The van der Waals surface area contributed by atoms with Gasteiger partial charge in [0.2, 0.25) is 5.88 Å². The standard InChI is InChI=1S/C11H13N3O/c1-12-6-7-15-11-10-5-3-2-4-9(10)8-13-14-11/h2-5,8,12H,6-7H2,1H3. The molecule has 0 bridgehead atoms. The van der Waals surface area contributed by atoms with Crippen LogP contribution in [0, 0.1) is 0 Å². The molecule has 78 valence electrons. The normalized spacial score (nSPS) is 10.5. The van der Waals surface area contributed by atoms with E-state index in [1.807, 2.05) is 31.3 Å². The smallest absolute Gasteiger partial charge is 0.241 e. The first kappa shape index (κ1) is 9.86. The summed E-state index contributed by atoms with van der Waals surface area (Å²) in [7, 11) is 1.89. The molecule has 4 heteroatoms. The van der Waals surface area contributed by atoms with Gasteiger partial charge in [0.15, 0.2) is 0 Å². The highest BCUT2D eigenvalue weighted by Crippen LogP contribution is 2.20. The fourth-order valence-electron chi connectivity index (χ4n) is 1.36. The molecule has 0 saturated carbocycles. The lowest BCUT2D eigenvalue weighted by molar-refractivity contribution is 0.307. The van der Waals surface area contributed by atoms with Crippen molar-refractivity contribution in [3.8, 4) is 5.88 Å². The molecule has 1 heterocycles. The van der Waals surface area contributed by atoms with Crippen LogP contribution in [-0.4, -0.2) is 30.4 Å². The van der Waals surface area contributed by atoms with Crippen LogP contribution in [0.4, 0.5) is 0 Å². The zero-order valence-corrected chi connectivity index (χ0v) is 8.60. The molecule has 1 aromatic carbocycles. The lowest BCUT2D eigenvalue weighted by Gasteiger charge is -2.06. The molecule has 2 rings (SSSR count). The Morgan fingerprint density at radius 2 is 2.20 bits per heavy atom. The highest BCUT2D eigenvalue weighted by atomic mass is 16.5. The third-order valence-corrected chi connectivity index (χ3v) is 2.13. The number of hydrogen-bond donors (Lipinski definition) is 1. The Balaban J connectivity index is 2.26. The number of hydrogen-bond acceptors (Lipinski definition) is 4. The zero-order valence-electron chi connectivity index (χ0n) is 8.60. The first-order valence-corrected chi connectivity index (χ1v) is 4.89. The van der Waals surface area contributed by atoms with Gasteiger partial charge in [-0.3, -0.25) is 0 Å². The van der Waals surface area contributed by atoms with Crippen LogP contribution in [0.5, 0.6) is 5.88 Å². The molecule has 0 aliphatic rings. The molecule has 0 aliphatic heterocycles. The summed E-state index contributed by atoms with van der Waals surface area (Å²) in [6, 6.07) is 7.92. The molecule has 1 aromatic heterocycles. The van der Waals surface area contributed by atoms with Crippen molar-refractivity contribution < 1.29 is 4.74 Å². The van der Waals surface area contributed by atoms with Gasteiger partial charge < -0.3 is 10.1 Å². The number of likely N-dealkylation sites (N-methyl/N-ethyl adjacent to an activating group) is 1. The van der Waals surface area contributed by atoms with Crippen LogP contribution < -0.4 is 10.1 Å². The average molecular weight is 203 g/mol. The van der Waals surface area contributed by atoms with Crippen LogP contribution >= 0.6 is 0 Å². The van der Waals surface area contributed by atoms with Gasteiger partial charge in [-0.1, -0.05) is 18.2 Å². The van der Waals surface area contributed by atoms with Crippen LogP contribution in [0.1, 0.15) is 0 Å². The Morgan fingerprint density at radius 1 is 1.33 bits per heavy atom. The Kier molecular flexibility index (Phi) is 3.09. The Hall–Kier alpha value is -1.68. The number of fused-ring (bicyclic) bond motifs is 1. The molecular weight excluding hydrogens is 190 g/mol. The fourth-order valence-corrected chi connectivity index (χ4v) is 1.36.